The molecule has 0 bridgehead atoms. The normalized spacial score (nSPS) is 12.6. The molecule has 0 N–H and O–H groups in total. The van der Waals surface area contributed by atoms with Crippen LogP contribution in [0.1, 0.15) is 213 Å². The lowest BCUT2D eigenvalue weighted by atomic mass is 10.1. The third-order valence-electron chi connectivity index (χ3n) is 9.35. The maximum absolute atomic E-state index is 12.6. The summed E-state index contributed by atoms with van der Waals surface area (Å²) in [5.74, 6) is -0.416. The molecule has 302 valence electrons. The summed E-state index contributed by atoms with van der Waals surface area (Å²) in [5, 5.41) is 0. The summed E-state index contributed by atoms with van der Waals surface area (Å²) in [6, 6.07) is 0. The van der Waals surface area contributed by atoms with Crippen molar-refractivity contribution in [2.24, 2.45) is 0 Å². The van der Waals surface area contributed by atoms with E-state index in [1.54, 1.807) is 0 Å². The van der Waals surface area contributed by atoms with E-state index in [1.165, 1.54) is 109 Å². The van der Waals surface area contributed by atoms with Gasteiger partial charge in [0.15, 0.2) is 6.10 Å². The van der Waals surface area contributed by atoms with Crippen molar-refractivity contribution in [1.82, 2.24) is 0 Å². The minimum atomic E-state index is -0.536. The average Bonchev–Trinajstić information content (AvgIpc) is 3.14. The summed E-state index contributed by atoms with van der Waals surface area (Å²) in [7, 11) is 0. The molecule has 0 radical (unpaired) electrons. The van der Waals surface area contributed by atoms with Crippen molar-refractivity contribution in [3.05, 3.63) is 48.6 Å². The Labute approximate surface area is 322 Å². The van der Waals surface area contributed by atoms with Crippen LogP contribution in [0, 0.1) is 0 Å². The van der Waals surface area contributed by atoms with Crippen LogP contribution in [-0.2, 0) is 23.8 Å². The van der Waals surface area contributed by atoms with Crippen molar-refractivity contribution in [1.29, 1.82) is 0 Å². The lowest BCUT2D eigenvalue weighted by Crippen LogP contribution is -2.30. The second-order valence-electron chi connectivity index (χ2n) is 14.6. The van der Waals surface area contributed by atoms with E-state index >= 15 is 0 Å². The number of hydrogen-bond acceptors (Lipinski definition) is 5. The zero-order valence-electron chi connectivity index (χ0n) is 34.6. The molecule has 0 aromatic carbocycles. The van der Waals surface area contributed by atoms with Crippen LogP contribution in [0.2, 0.25) is 0 Å². The van der Waals surface area contributed by atoms with Crippen LogP contribution in [-0.4, -0.2) is 37.9 Å². The number of esters is 2. The SMILES string of the molecule is CC/C=C\C/C=C\C/C=C\CCCCCCCCCC(=O)OCC(COCCCCCCCC/C=C\CCCC)OC(=O)CCCCCCCCC. The predicted octanol–water partition coefficient (Wildman–Crippen LogP) is 14.4. The highest BCUT2D eigenvalue weighted by molar-refractivity contribution is 5.70. The molecule has 0 fully saturated rings. The molecule has 0 heterocycles. The first-order valence-electron chi connectivity index (χ1n) is 22.2. The Morgan fingerprint density at radius 2 is 0.885 bits per heavy atom. The molecule has 0 spiro atoms. The summed E-state index contributed by atoms with van der Waals surface area (Å²) < 4.78 is 17.2. The minimum absolute atomic E-state index is 0.0789. The van der Waals surface area contributed by atoms with E-state index in [0.717, 1.165) is 70.6 Å². The van der Waals surface area contributed by atoms with Crippen LogP contribution in [0.5, 0.6) is 0 Å². The lowest BCUT2D eigenvalue weighted by molar-refractivity contribution is -0.163. The van der Waals surface area contributed by atoms with Gasteiger partial charge in [-0.15, -0.1) is 0 Å². The number of hydrogen-bond donors (Lipinski definition) is 0. The smallest absolute Gasteiger partial charge is 0.306 e. The van der Waals surface area contributed by atoms with Crippen LogP contribution in [0.25, 0.3) is 0 Å². The molecule has 0 aromatic rings. The first-order valence-corrected chi connectivity index (χ1v) is 22.2. The molecule has 52 heavy (non-hydrogen) atoms. The van der Waals surface area contributed by atoms with Crippen LogP contribution in [0.15, 0.2) is 48.6 Å². The number of unbranched alkanes of at least 4 members (excludes halogenated alkanes) is 21. The van der Waals surface area contributed by atoms with Crippen molar-refractivity contribution in [3.63, 3.8) is 0 Å². The molecule has 0 aromatic heterocycles. The molecule has 0 aliphatic heterocycles. The zero-order chi connectivity index (χ0) is 37.8. The molecule has 0 amide bonds. The second-order valence-corrected chi connectivity index (χ2v) is 14.6. The first kappa shape index (κ1) is 49.9. The molecule has 1 unspecified atom stereocenters. The summed E-state index contributed by atoms with van der Waals surface area (Å²) >= 11 is 0. The standard InChI is InChI=1S/C47H84O5/c1-4-7-10-13-16-18-20-22-23-24-25-26-27-29-32-34-37-40-46(48)51-44-45(52-47(49)41-38-35-31-15-12-9-6-3)43-50-42-39-36-33-30-28-21-19-17-14-11-8-5-2/h7,10,14,16-18,22-23,45H,4-6,8-9,11-13,15,19-21,24-44H2,1-3H3/b10-7-,17-14-,18-16-,23-22-. The Bertz CT molecular complexity index is 873. The van der Waals surface area contributed by atoms with E-state index in [1.807, 2.05) is 0 Å². The van der Waals surface area contributed by atoms with Gasteiger partial charge in [0, 0.05) is 19.4 Å². The Morgan fingerprint density at radius 3 is 1.46 bits per heavy atom. The Morgan fingerprint density at radius 1 is 0.442 bits per heavy atom. The summed E-state index contributed by atoms with van der Waals surface area (Å²) in [6.45, 7) is 7.63. The van der Waals surface area contributed by atoms with Crippen LogP contribution < -0.4 is 0 Å². The van der Waals surface area contributed by atoms with Gasteiger partial charge in [-0.25, -0.2) is 0 Å². The molecule has 5 heteroatoms. The Hall–Kier alpha value is -2.14. The molecule has 5 nitrogen and oxygen atoms in total. The fourth-order valence-corrected chi connectivity index (χ4v) is 6.03. The molecule has 0 aliphatic rings. The van der Waals surface area contributed by atoms with Gasteiger partial charge < -0.3 is 14.2 Å². The van der Waals surface area contributed by atoms with Crippen molar-refractivity contribution >= 4 is 11.9 Å². The minimum Gasteiger partial charge on any atom is -0.462 e. The predicted molar refractivity (Wildman–Crippen MR) is 224 cm³/mol. The van der Waals surface area contributed by atoms with Gasteiger partial charge in [0.05, 0.1) is 6.61 Å². The molecular weight excluding hydrogens is 645 g/mol. The molecule has 0 rings (SSSR count). The average molecular weight is 729 g/mol. The van der Waals surface area contributed by atoms with E-state index < -0.39 is 6.10 Å². The maximum Gasteiger partial charge on any atom is 0.306 e. The topological polar surface area (TPSA) is 61.8 Å². The van der Waals surface area contributed by atoms with Crippen LogP contribution >= 0.6 is 0 Å². The molecule has 0 aliphatic carbocycles. The molecular formula is C47H84O5. The van der Waals surface area contributed by atoms with E-state index in [-0.39, 0.29) is 25.2 Å². The van der Waals surface area contributed by atoms with Gasteiger partial charge >= 0.3 is 11.9 Å². The molecule has 1 atom stereocenters. The highest BCUT2D eigenvalue weighted by Crippen LogP contribution is 2.13. The van der Waals surface area contributed by atoms with Crippen LogP contribution in [0.3, 0.4) is 0 Å². The number of ether oxygens (including phenoxy) is 3. The van der Waals surface area contributed by atoms with Crippen LogP contribution in [0.4, 0.5) is 0 Å². The first-order chi connectivity index (χ1) is 25.6. The van der Waals surface area contributed by atoms with E-state index in [0.29, 0.717) is 19.4 Å². The van der Waals surface area contributed by atoms with Gasteiger partial charge in [0.1, 0.15) is 6.61 Å². The van der Waals surface area contributed by atoms with Gasteiger partial charge in [-0.1, -0.05) is 179 Å². The lowest BCUT2D eigenvalue weighted by Gasteiger charge is -2.18. The molecule has 0 saturated carbocycles. The largest absolute Gasteiger partial charge is 0.462 e. The zero-order valence-corrected chi connectivity index (χ0v) is 34.6. The third-order valence-corrected chi connectivity index (χ3v) is 9.35. The third kappa shape index (κ3) is 40.6. The number of carbonyl (C=O) groups excluding carboxylic acids is 2. The van der Waals surface area contributed by atoms with Crippen molar-refractivity contribution in [2.45, 2.75) is 219 Å². The molecule has 0 saturated heterocycles. The summed E-state index contributed by atoms with van der Waals surface area (Å²) in [6.07, 6.45) is 51.1. The summed E-state index contributed by atoms with van der Waals surface area (Å²) in [5.41, 5.74) is 0. The number of allylic oxidation sites excluding steroid dienone is 8. The van der Waals surface area contributed by atoms with Gasteiger partial charge in [0.25, 0.3) is 0 Å². The van der Waals surface area contributed by atoms with Crippen molar-refractivity contribution < 1.29 is 23.8 Å². The maximum atomic E-state index is 12.6. The highest BCUT2D eigenvalue weighted by atomic mass is 16.6. The number of rotatable bonds is 40. The Balaban J connectivity index is 4.16. The van der Waals surface area contributed by atoms with Gasteiger partial charge in [-0.05, 0) is 70.6 Å². The fraction of sp³-hybridized carbons (Fsp3) is 0.787. The number of carbonyl (C=O) groups is 2. The van der Waals surface area contributed by atoms with E-state index in [2.05, 4.69) is 69.4 Å². The highest BCUT2D eigenvalue weighted by Gasteiger charge is 2.17. The van der Waals surface area contributed by atoms with E-state index in [4.69, 9.17) is 14.2 Å². The summed E-state index contributed by atoms with van der Waals surface area (Å²) in [4.78, 5) is 25.1. The van der Waals surface area contributed by atoms with Gasteiger partial charge in [-0.3, -0.25) is 9.59 Å². The second kappa shape index (κ2) is 43.3. The van der Waals surface area contributed by atoms with Crippen molar-refractivity contribution in [2.75, 3.05) is 19.8 Å². The van der Waals surface area contributed by atoms with Crippen molar-refractivity contribution in [3.8, 4) is 0 Å². The van der Waals surface area contributed by atoms with E-state index in [9.17, 15) is 9.59 Å². The monoisotopic (exact) mass is 729 g/mol. The fourth-order valence-electron chi connectivity index (χ4n) is 6.03. The van der Waals surface area contributed by atoms with Gasteiger partial charge in [0.2, 0.25) is 0 Å². The Kier molecular flexibility index (Phi) is 41.5. The quantitative estimate of drug-likeness (QED) is 0.0357. The van der Waals surface area contributed by atoms with Gasteiger partial charge in [-0.2, -0.15) is 0 Å².